The molecule has 0 aromatic heterocycles. The summed E-state index contributed by atoms with van der Waals surface area (Å²) in [7, 11) is 2.14. The molecule has 2 aliphatic rings. The van der Waals surface area contributed by atoms with E-state index in [-0.39, 0.29) is 12.5 Å². The average Bonchev–Trinajstić information content (AvgIpc) is 2.75. The number of hydrogen-bond donors (Lipinski definition) is 1. The molecule has 23 heavy (non-hydrogen) atoms. The molecule has 3 atom stereocenters. The van der Waals surface area contributed by atoms with Crippen molar-refractivity contribution in [1.82, 2.24) is 4.90 Å². The number of benzene rings is 1. The van der Waals surface area contributed by atoms with Crippen molar-refractivity contribution in [2.75, 3.05) is 7.05 Å². The number of piperidine rings is 1. The number of carbonyl (C=O) groups is 2. The van der Waals surface area contributed by atoms with E-state index in [0.29, 0.717) is 17.6 Å². The van der Waals surface area contributed by atoms with Crippen LogP contribution in [0.1, 0.15) is 43.6 Å². The molecule has 2 saturated heterocycles. The third-order valence-electron chi connectivity index (χ3n) is 5.20. The standard InChI is InChI=1S/C18H23NO4/c1-19-13-7-8-14(19)10-15(9-13)23-18(22)16(11-17(20)21)12-5-3-2-4-6-12/h2-6,13-16H,7-11H2,1H3,(H,20,21). The van der Waals surface area contributed by atoms with E-state index in [0.717, 1.165) is 25.7 Å². The second-order valence-corrected chi connectivity index (χ2v) is 6.64. The van der Waals surface area contributed by atoms with E-state index in [1.165, 1.54) is 0 Å². The zero-order valence-electron chi connectivity index (χ0n) is 13.4. The van der Waals surface area contributed by atoms with Crippen LogP contribution in [0.5, 0.6) is 0 Å². The van der Waals surface area contributed by atoms with Gasteiger partial charge in [0.25, 0.3) is 0 Å². The number of carboxylic acid groups (broad SMARTS) is 1. The van der Waals surface area contributed by atoms with Crippen LogP contribution in [0.2, 0.25) is 0 Å². The quantitative estimate of drug-likeness (QED) is 0.845. The minimum Gasteiger partial charge on any atom is -0.481 e. The predicted octanol–water partition coefficient (Wildman–Crippen LogP) is 2.41. The molecule has 0 radical (unpaired) electrons. The SMILES string of the molecule is CN1C2CCC1CC(OC(=O)C(CC(=O)O)c1ccccc1)C2. The van der Waals surface area contributed by atoms with Crippen LogP contribution >= 0.6 is 0 Å². The number of ether oxygens (including phenoxy) is 1. The zero-order valence-corrected chi connectivity index (χ0v) is 13.4. The lowest BCUT2D eigenvalue weighted by Crippen LogP contribution is -2.43. The van der Waals surface area contributed by atoms with Crippen LogP contribution < -0.4 is 0 Å². The molecule has 124 valence electrons. The van der Waals surface area contributed by atoms with Crippen molar-refractivity contribution >= 4 is 11.9 Å². The number of hydrogen-bond acceptors (Lipinski definition) is 4. The van der Waals surface area contributed by atoms with E-state index in [2.05, 4.69) is 11.9 Å². The summed E-state index contributed by atoms with van der Waals surface area (Å²) in [5.74, 6) is -2.13. The van der Waals surface area contributed by atoms with Crippen molar-refractivity contribution in [2.24, 2.45) is 0 Å². The molecule has 2 aliphatic heterocycles. The van der Waals surface area contributed by atoms with E-state index in [4.69, 9.17) is 9.84 Å². The number of carbonyl (C=O) groups excluding carboxylic acids is 1. The van der Waals surface area contributed by atoms with E-state index in [9.17, 15) is 9.59 Å². The fraction of sp³-hybridized carbons (Fsp3) is 0.556. The Morgan fingerprint density at radius 3 is 2.39 bits per heavy atom. The summed E-state index contributed by atoms with van der Waals surface area (Å²) in [6.45, 7) is 0. The lowest BCUT2D eigenvalue weighted by molar-refractivity contribution is -0.157. The summed E-state index contributed by atoms with van der Waals surface area (Å²) in [5.41, 5.74) is 0.704. The van der Waals surface area contributed by atoms with Crippen molar-refractivity contribution in [1.29, 1.82) is 0 Å². The minimum atomic E-state index is -0.987. The van der Waals surface area contributed by atoms with Crippen molar-refractivity contribution in [3.8, 4) is 0 Å². The summed E-state index contributed by atoms with van der Waals surface area (Å²) in [6.07, 6.45) is 3.71. The predicted molar refractivity (Wildman–Crippen MR) is 85.1 cm³/mol. The third-order valence-corrected chi connectivity index (χ3v) is 5.20. The van der Waals surface area contributed by atoms with Gasteiger partial charge in [-0.25, -0.2) is 0 Å². The first-order valence-corrected chi connectivity index (χ1v) is 8.23. The van der Waals surface area contributed by atoms with Gasteiger partial charge >= 0.3 is 11.9 Å². The first-order valence-electron chi connectivity index (χ1n) is 8.23. The Balaban J connectivity index is 1.68. The van der Waals surface area contributed by atoms with Gasteiger partial charge in [0.2, 0.25) is 0 Å². The minimum absolute atomic E-state index is 0.0868. The molecule has 0 amide bonds. The van der Waals surface area contributed by atoms with Gasteiger partial charge in [0.15, 0.2) is 0 Å². The molecule has 0 saturated carbocycles. The Bertz CT molecular complexity index is 560. The normalized spacial score (nSPS) is 28.3. The van der Waals surface area contributed by atoms with Gasteiger partial charge < -0.3 is 14.7 Å². The van der Waals surface area contributed by atoms with Gasteiger partial charge in [-0.3, -0.25) is 9.59 Å². The van der Waals surface area contributed by atoms with Crippen LogP contribution in [0.25, 0.3) is 0 Å². The van der Waals surface area contributed by atoms with E-state index >= 15 is 0 Å². The van der Waals surface area contributed by atoms with Crippen LogP contribution in [-0.2, 0) is 14.3 Å². The average molecular weight is 317 g/mol. The zero-order chi connectivity index (χ0) is 16.4. The van der Waals surface area contributed by atoms with Gasteiger partial charge in [0.05, 0.1) is 12.3 Å². The van der Waals surface area contributed by atoms with E-state index in [1.54, 1.807) is 12.1 Å². The Kier molecular flexibility index (Phi) is 4.66. The Labute approximate surface area is 136 Å². The molecule has 1 aromatic rings. The third kappa shape index (κ3) is 3.55. The highest BCUT2D eigenvalue weighted by Crippen LogP contribution is 2.36. The van der Waals surface area contributed by atoms with Crippen LogP contribution in [0.3, 0.4) is 0 Å². The summed E-state index contributed by atoms with van der Waals surface area (Å²) >= 11 is 0. The topological polar surface area (TPSA) is 66.8 Å². The van der Waals surface area contributed by atoms with Crippen LogP contribution in [0.15, 0.2) is 30.3 Å². The largest absolute Gasteiger partial charge is 0.481 e. The van der Waals surface area contributed by atoms with E-state index in [1.807, 2.05) is 18.2 Å². The Hall–Kier alpha value is -1.88. The fourth-order valence-electron chi connectivity index (χ4n) is 3.90. The second kappa shape index (κ2) is 6.71. The molecule has 1 N–H and O–H groups in total. The van der Waals surface area contributed by atoms with Crippen molar-refractivity contribution in [3.63, 3.8) is 0 Å². The first kappa shape index (κ1) is 16.0. The maximum atomic E-state index is 12.6. The molecule has 5 heteroatoms. The molecule has 0 spiro atoms. The van der Waals surface area contributed by atoms with Crippen molar-refractivity contribution in [2.45, 2.75) is 56.2 Å². The van der Waals surface area contributed by atoms with Gasteiger partial charge in [0, 0.05) is 12.1 Å². The number of fused-ring (bicyclic) bond motifs is 2. The molecule has 3 unspecified atom stereocenters. The van der Waals surface area contributed by atoms with E-state index < -0.39 is 17.9 Å². The summed E-state index contributed by atoms with van der Waals surface area (Å²) in [6, 6.07) is 10.0. The number of aliphatic carboxylic acids is 1. The van der Waals surface area contributed by atoms with Crippen LogP contribution in [0, 0.1) is 0 Å². The molecule has 1 aromatic carbocycles. The molecule has 3 rings (SSSR count). The molecule has 0 aliphatic carbocycles. The summed E-state index contributed by atoms with van der Waals surface area (Å²) < 4.78 is 5.71. The van der Waals surface area contributed by atoms with Gasteiger partial charge in [-0.15, -0.1) is 0 Å². The van der Waals surface area contributed by atoms with Gasteiger partial charge in [-0.2, -0.15) is 0 Å². The second-order valence-electron chi connectivity index (χ2n) is 6.64. The highest BCUT2D eigenvalue weighted by Gasteiger charge is 2.40. The summed E-state index contributed by atoms with van der Waals surface area (Å²) in [5, 5.41) is 9.11. The van der Waals surface area contributed by atoms with Crippen LogP contribution in [0.4, 0.5) is 0 Å². The lowest BCUT2D eigenvalue weighted by Gasteiger charge is -2.36. The van der Waals surface area contributed by atoms with Crippen molar-refractivity contribution in [3.05, 3.63) is 35.9 Å². The highest BCUT2D eigenvalue weighted by atomic mass is 16.5. The molecular weight excluding hydrogens is 294 g/mol. The molecular formula is C18H23NO4. The molecule has 2 fully saturated rings. The van der Waals surface area contributed by atoms with Crippen LogP contribution in [-0.4, -0.2) is 47.2 Å². The lowest BCUT2D eigenvalue weighted by atomic mass is 9.95. The first-order chi connectivity index (χ1) is 11.0. The summed E-state index contributed by atoms with van der Waals surface area (Å²) in [4.78, 5) is 26.1. The number of carboxylic acids is 1. The van der Waals surface area contributed by atoms with Gasteiger partial charge in [-0.05, 0) is 38.3 Å². The maximum Gasteiger partial charge on any atom is 0.314 e. The highest BCUT2D eigenvalue weighted by molar-refractivity contribution is 5.83. The smallest absolute Gasteiger partial charge is 0.314 e. The van der Waals surface area contributed by atoms with Gasteiger partial charge in [0.1, 0.15) is 6.10 Å². The molecule has 5 nitrogen and oxygen atoms in total. The fourth-order valence-corrected chi connectivity index (χ4v) is 3.90. The molecule has 2 heterocycles. The number of esters is 1. The maximum absolute atomic E-state index is 12.6. The number of nitrogens with zero attached hydrogens (tertiary/aromatic N) is 1. The molecule has 2 bridgehead atoms. The number of rotatable bonds is 5. The Morgan fingerprint density at radius 1 is 1.22 bits per heavy atom. The van der Waals surface area contributed by atoms with Crippen molar-refractivity contribution < 1.29 is 19.4 Å². The monoisotopic (exact) mass is 317 g/mol. The Morgan fingerprint density at radius 2 is 1.83 bits per heavy atom. The van der Waals surface area contributed by atoms with Gasteiger partial charge in [-0.1, -0.05) is 30.3 Å².